The highest BCUT2D eigenvalue weighted by Gasteiger charge is 2.00. The number of allylic oxidation sites excluding steroid dienone is 2. The van der Waals surface area contributed by atoms with Gasteiger partial charge in [-0.05, 0) is 62.6 Å². The molecule has 128 valence electrons. The van der Waals surface area contributed by atoms with E-state index in [0.29, 0.717) is 13.0 Å². The number of rotatable bonds is 12. The fourth-order valence-electron chi connectivity index (χ4n) is 2.27. The lowest BCUT2D eigenvalue weighted by molar-refractivity contribution is -0.143. The first kappa shape index (κ1) is 19.3. The lowest BCUT2D eigenvalue weighted by atomic mass is 10.1. The van der Waals surface area contributed by atoms with Gasteiger partial charge in [-0.1, -0.05) is 31.2 Å². The van der Waals surface area contributed by atoms with Crippen molar-refractivity contribution in [3.05, 3.63) is 42.0 Å². The molecule has 0 unspecified atom stereocenters. The first-order valence-electron chi connectivity index (χ1n) is 8.69. The maximum absolute atomic E-state index is 11.3. The van der Waals surface area contributed by atoms with Crippen LogP contribution in [-0.2, 0) is 16.0 Å². The Hall–Kier alpha value is -1.77. The van der Waals surface area contributed by atoms with Gasteiger partial charge in [0.05, 0.1) is 13.7 Å². The molecule has 0 saturated carbocycles. The molecular formula is C20H30O3. The van der Waals surface area contributed by atoms with E-state index in [9.17, 15) is 4.79 Å². The number of hydrogen-bond donors (Lipinski definition) is 0. The lowest BCUT2D eigenvalue weighted by Gasteiger charge is -2.02. The summed E-state index contributed by atoms with van der Waals surface area (Å²) in [7, 11) is 1.69. The fourth-order valence-corrected chi connectivity index (χ4v) is 2.27. The van der Waals surface area contributed by atoms with Gasteiger partial charge in [0, 0.05) is 6.42 Å². The Kier molecular flexibility index (Phi) is 10.7. The number of benzene rings is 1. The van der Waals surface area contributed by atoms with Crippen molar-refractivity contribution in [2.75, 3.05) is 13.7 Å². The smallest absolute Gasteiger partial charge is 0.305 e. The second-order valence-corrected chi connectivity index (χ2v) is 5.68. The molecule has 0 aliphatic heterocycles. The first-order chi connectivity index (χ1) is 11.3. The summed E-state index contributed by atoms with van der Waals surface area (Å²) in [6.45, 7) is 2.56. The Bertz CT molecular complexity index is 448. The van der Waals surface area contributed by atoms with Crippen LogP contribution in [0.4, 0.5) is 0 Å². The van der Waals surface area contributed by atoms with E-state index in [-0.39, 0.29) is 5.97 Å². The van der Waals surface area contributed by atoms with E-state index in [4.69, 9.17) is 9.47 Å². The van der Waals surface area contributed by atoms with E-state index in [1.165, 1.54) is 5.56 Å². The number of carbonyl (C=O) groups is 1. The average Bonchev–Trinajstić information content (AvgIpc) is 2.59. The van der Waals surface area contributed by atoms with Gasteiger partial charge in [0.2, 0.25) is 0 Å². The quantitative estimate of drug-likeness (QED) is 0.306. The van der Waals surface area contributed by atoms with E-state index in [2.05, 4.69) is 24.3 Å². The second kappa shape index (κ2) is 12.7. The number of esters is 1. The van der Waals surface area contributed by atoms with Crippen molar-refractivity contribution in [2.24, 2.45) is 0 Å². The molecule has 0 aromatic heterocycles. The van der Waals surface area contributed by atoms with Gasteiger partial charge in [-0.25, -0.2) is 0 Å². The minimum absolute atomic E-state index is 0.0599. The zero-order valence-corrected chi connectivity index (χ0v) is 14.6. The first-order valence-corrected chi connectivity index (χ1v) is 8.69. The highest BCUT2D eigenvalue weighted by Crippen LogP contribution is 2.13. The van der Waals surface area contributed by atoms with Crippen LogP contribution in [0.15, 0.2) is 36.4 Å². The standard InChI is InChI=1S/C20H30O3/c1-3-17-23-20(21)12-10-8-6-4-5-7-9-11-18-13-15-19(22-2)16-14-18/h4-5,13-16H,3,6-12,17H2,1-2H3/b5-4+. The molecule has 0 aliphatic carbocycles. The molecule has 0 heterocycles. The molecule has 1 aromatic carbocycles. The highest BCUT2D eigenvalue weighted by molar-refractivity contribution is 5.69. The predicted octanol–water partition coefficient (Wildman–Crippen LogP) is 5.09. The number of hydrogen-bond acceptors (Lipinski definition) is 3. The molecule has 1 rings (SSSR count). The van der Waals surface area contributed by atoms with Crippen molar-refractivity contribution in [1.29, 1.82) is 0 Å². The molecule has 0 amide bonds. The van der Waals surface area contributed by atoms with E-state index in [0.717, 1.165) is 50.7 Å². The molecule has 0 spiro atoms. The molecule has 0 bridgehead atoms. The Labute approximate surface area is 140 Å². The van der Waals surface area contributed by atoms with Crippen molar-refractivity contribution >= 4 is 5.97 Å². The van der Waals surface area contributed by atoms with Gasteiger partial charge in [0.1, 0.15) is 5.75 Å². The van der Waals surface area contributed by atoms with Crippen molar-refractivity contribution in [3.63, 3.8) is 0 Å². The molecular weight excluding hydrogens is 288 g/mol. The molecule has 1 aromatic rings. The largest absolute Gasteiger partial charge is 0.497 e. The number of carbonyl (C=O) groups excluding carboxylic acids is 1. The summed E-state index contributed by atoms with van der Waals surface area (Å²) in [5.74, 6) is 0.850. The Morgan fingerprint density at radius 1 is 1.04 bits per heavy atom. The van der Waals surface area contributed by atoms with Crippen LogP contribution in [0.5, 0.6) is 5.75 Å². The average molecular weight is 318 g/mol. The molecule has 3 nitrogen and oxygen atoms in total. The third kappa shape index (κ3) is 9.77. The molecule has 23 heavy (non-hydrogen) atoms. The molecule has 0 fully saturated rings. The zero-order chi connectivity index (χ0) is 16.8. The summed E-state index contributed by atoms with van der Waals surface area (Å²) in [6.07, 6.45) is 12.3. The highest BCUT2D eigenvalue weighted by atomic mass is 16.5. The summed E-state index contributed by atoms with van der Waals surface area (Å²) < 4.78 is 10.2. The van der Waals surface area contributed by atoms with Gasteiger partial charge < -0.3 is 9.47 Å². The number of ether oxygens (including phenoxy) is 2. The van der Waals surface area contributed by atoms with Gasteiger partial charge in [0.15, 0.2) is 0 Å². The summed E-state index contributed by atoms with van der Waals surface area (Å²) in [5, 5.41) is 0. The van der Waals surface area contributed by atoms with E-state index >= 15 is 0 Å². The third-order valence-electron chi connectivity index (χ3n) is 3.63. The van der Waals surface area contributed by atoms with Crippen LogP contribution in [0.3, 0.4) is 0 Å². The lowest BCUT2D eigenvalue weighted by Crippen LogP contribution is -2.04. The van der Waals surface area contributed by atoms with Gasteiger partial charge in [-0.3, -0.25) is 4.79 Å². The van der Waals surface area contributed by atoms with Crippen molar-refractivity contribution in [1.82, 2.24) is 0 Å². The summed E-state index contributed by atoms with van der Waals surface area (Å²) in [6, 6.07) is 8.27. The van der Waals surface area contributed by atoms with Gasteiger partial charge >= 0.3 is 5.97 Å². The molecule has 0 radical (unpaired) electrons. The topological polar surface area (TPSA) is 35.5 Å². The van der Waals surface area contributed by atoms with Crippen molar-refractivity contribution in [2.45, 2.75) is 58.3 Å². The Morgan fingerprint density at radius 2 is 1.74 bits per heavy atom. The Balaban J connectivity index is 1.98. The molecule has 0 N–H and O–H groups in total. The summed E-state index contributed by atoms with van der Waals surface area (Å²) in [5.41, 5.74) is 1.35. The summed E-state index contributed by atoms with van der Waals surface area (Å²) in [4.78, 5) is 11.3. The maximum atomic E-state index is 11.3. The second-order valence-electron chi connectivity index (χ2n) is 5.68. The van der Waals surface area contributed by atoms with Crippen LogP contribution in [0.2, 0.25) is 0 Å². The van der Waals surface area contributed by atoms with Crippen molar-refractivity contribution in [3.8, 4) is 5.75 Å². The van der Waals surface area contributed by atoms with Gasteiger partial charge in [-0.2, -0.15) is 0 Å². The zero-order valence-electron chi connectivity index (χ0n) is 14.6. The minimum Gasteiger partial charge on any atom is -0.497 e. The van der Waals surface area contributed by atoms with Crippen LogP contribution < -0.4 is 4.74 Å². The Morgan fingerprint density at radius 3 is 2.39 bits per heavy atom. The van der Waals surface area contributed by atoms with Crippen LogP contribution in [0, 0.1) is 0 Å². The molecule has 0 saturated heterocycles. The van der Waals surface area contributed by atoms with E-state index < -0.39 is 0 Å². The molecule has 3 heteroatoms. The monoisotopic (exact) mass is 318 g/mol. The number of methoxy groups -OCH3 is 1. The normalized spacial score (nSPS) is 10.9. The predicted molar refractivity (Wildman–Crippen MR) is 94.8 cm³/mol. The van der Waals surface area contributed by atoms with Crippen LogP contribution in [-0.4, -0.2) is 19.7 Å². The fraction of sp³-hybridized carbons (Fsp3) is 0.550. The number of aryl methyl sites for hydroxylation is 1. The third-order valence-corrected chi connectivity index (χ3v) is 3.63. The van der Waals surface area contributed by atoms with Crippen LogP contribution in [0.1, 0.15) is 57.4 Å². The van der Waals surface area contributed by atoms with Gasteiger partial charge in [0.25, 0.3) is 0 Å². The SMILES string of the molecule is CCCOC(=O)CCCC/C=C/CCCc1ccc(OC)cc1. The molecule has 0 aliphatic rings. The van der Waals surface area contributed by atoms with Crippen molar-refractivity contribution < 1.29 is 14.3 Å². The number of unbranched alkanes of at least 4 members (excludes halogenated alkanes) is 3. The maximum Gasteiger partial charge on any atom is 0.305 e. The van der Waals surface area contributed by atoms with Crippen LogP contribution in [0.25, 0.3) is 0 Å². The van der Waals surface area contributed by atoms with Gasteiger partial charge in [-0.15, -0.1) is 0 Å². The van der Waals surface area contributed by atoms with E-state index in [1.807, 2.05) is 19.1 Å². The van der Waals surface area contributed by atoms with E-state index in [1.54, 1.807) is 7.11 Å². The molecule has 0 atom stereocenters. The van der Waals surface area contributed by atoms with Crippen LogP contribution >= 0.6 is 0 Å². The minimum atomic E-state index is -0.0599. The summed E-state index contributed by atoms with van der Waals surface area (Å²) >= 11 is 0.